The summed E-state index contributed by atoms with van der Waals surface area (Å²) in [7, 11) is 0. The number of halogens is 1. The number of nitrogens with zero attached hydrogens (tertiary/aromatic N) is 1. The van der Waals surface area contributed by atoms with Crippen LogP contribution < -0.4 is 0 Å². The lowest BCUT2D eigenvalue weighted by Crippen LogP contribution is -2.37. The second-order valence-electron chi connectivity index (χ2n) is 5.92. The minimum absolute atomic E-state index is 0.259. The molecule has 0 unspecified atom stereocenters. The van der Waals surface area contributed by atoms with Crippen molar-refractivity contribution in [2.24, 2.45) is 0 Å². The van der Waals surface area contributed by atoms with Crippen LogP contribution in [-0.2, 0) is 15.0 Å². The van der Waals surface area contributed by atoms with Gasteiger partial charge in [0.05, 0.1) is 16.5 Å². The van der Waals surface area contributed by atoms with E-state index in [0.717, 1.165) is 9.13 Å². The highest BCUT2D eigenvalue weighted by Crippen LogP contribution is 2.49. The number of amides is 2. The minimum atomic E-state index is -0.750. The highest BCUT2D eigenvalue weighted by atomic mass is 127. The smallest absolute Gasteiger partial charge is 0.329 e. The SMILES string of the molecule is O=C1c2ccccc2C(=O)N1OC(=O)C1(c2ccc(I)cc2)CC1. The third kappa shape index (κ3) is 2.24. The first-order valence-electron chi connectivity index (χ1n) is 7.49. The van der Waals surface area contributed by atoms with Gasteiger partial charge in [0, 0.05) is 3.57 Å². The molecule has 4 rings (SSSR count). The Labute approximate surface area is 151 Å². The maximum absolute atomic E-state index is 12.6. The number of fused-ring (bicyclic) bond motifs is 1. The van der Waals surface area contributed by atoms with E-state index in [9.17, 15) is 14.4 Å². The van der Waals surface area contributed by atoms with Crippen LogP contribution in [-0.4, -0.2) is 22.8 Å². The van der Waals surface area contributed by atoms with Crippen molar-refractivity contribution in [3.63, 3.8) is 0 Å². The molecule has 6 heteroatoms. The molecule has 0 spiro atoms. The van der Waals surface area contributed by atoms with Crippen LogP contribution in [0.1, 0.15) is 39.1 Å². The van der Waals surface area contributed by atoms with Crippen LogP contribution in [0.3, 0.4) is 0 Å². The number of hydrogen-bond acceptors (Lipinski definition) is 4. The minimum Gasteiger partial charge on any atom is -0.329 e. The zero-order chi connectivity index (χ0) is 16.9. The van der Waals surface area contributed by atoms with Crippen LogP contribution >= 0.6 is 22.6 Å². The molecule has 1 heterocycles. The molecule has 1 aliphatic heterocycles. The van der Waals surface area contributed by atoms with E-state index in [2.05, 4.69) is 22.6 Å². The van der Waals surface area contributed by atoms with Crippen LogP contribution in [0, 0.1) is 3.57 Å². The van der Waals surface area contributed by atoms with Crippen molar-refractivity contribution in [3.8, 4) is 0 Å². The van der Waals surface area contributed by atoms with Gasteiger partial charge in [-0.2, -0.15) is 0 Å². The summed E-state index contributed by atoms with van der Waals surface area (Å²) in [5, 5.41) is 0.583. The number of carbonyl (C=O) groups excluding carboxylic acids is 3. The average molecular weight is 433 g/mol. The van der Waals surface area contributed by atoms with E-state index in [-0.39, 0.29) is 11.1 Å². The fourth-order valence-electron chi connectivity index (χ4n) is 2.92. The van der Waals surface area contributed by atoms with E-state index in [0.29, 0.717) is 17.9 Å². The van der Waals surface area contributed by atoms with Crippen molar-refractivity contribution in [1.82, 2.24) is 5.06 Å². The van der Waals surface area contributed by atoms with Crippen LogP contribution in [0.5, 0.6) is 0 Å². The molecule has 0 aromatic heterocycles. The molecule has 24 heavy (non-hydrogen) atoms. The van der Waals surface area contributed by atoms with E-state index in [4.69, 9.17) is 4.84 Å². The van der Waals surface area contributed by atoms with Crippen molar-refractivity contribution in [1.29, 1.82) is 0 Å². The zero-order valence-corrected chi connectivity index (χ0v) is 14.6. The summed E-state index contributed by atoms with van der Waals surface area (Å²) in [6, 6.07) is 14.1. The second-order valence-corrected chi connectivity index (χ2v) is 7.16. The van der Waals surface area contributed by atoms with Gasteiger partial charge in [0.2, 0.25) is 0 Å². The van der Waals surface area contributed by atoms with Gasteiger partial charge in [-0.15, -0.1) is 0 Å². The topological polar surface area (TPSA) is 63.7 Å². The number of hydrogen-bond donors (Lipinski definition) is 0. The summed E-state index contributed by atoms with van der Waals surface area (Å²) in [4.78, 5) is 42.5. The first-order valence-corrected chi connectivity index (χ1v) is 8.57. The Bertz CT molecular complexity index is 836. The van der Waals surface area contributed by atoms with Gasteiger partial charge in [0.25, 0.3) is 11.8 Å². The largest absolute Gasteiger partial charge is 0.343 e. The molecule has 2 aromatic rings. The van der Waals surface area contributed by atoms with Crippen molar-refractivity contribution in [2.45, 2.75) is 18.3 Å². The third-order valence-corrected chi connectivity index (χ3v) is 5.19. The Kier molecular flexibility index (Phi) is 3.45. The molecule has 5 nitrogen and oxygen atoms in total. The highest BCUT2D eigenvalue weighted by Gasteiger charge is 2.55. The van der Waals surface area contributed by atoms with Gasteiger partial charge in [-0.25, -0.2) is 4.79 Å². The van der Waals surface area contributed by atoms with Gasteiger partial charge in [0.1, 0.15) is 0 Å². The standard InChI is InChI=1S/C18H12INO4/c19-12-7-5-11(6-8-12)18(9-10-18)17(23)24-20-15(21)13-3-1-2-4-14(13)16(20)22/h1-8H,9-10H2. The molecule has 0 radical (unpaired) electrons. The summed E-state index contributed by atoms with van der Waals surface area (Å²) in [5.41, 5.74) is 0.619. The highest BCUT2D eigenvalue weighted by molar-refractivity contribution is 14.1. The van der Waals surface area contributed by atoms with Crippen LogP contribution in [0.15, 0.2) is 48.5 Å². The molecule has 0 atom stereocenters. The molecule has 2 aliphatic rings. The van der Waals surface area contributed by atoms with Crippen LogP contribution in [0.25, 0.3) is 0 Å². The monoisotopic (exact) mass is 433 g/mol. The lowest BCUT2D eigenvalue weighted by atomic mass is 9.96. The molecule has 2 amide bonds. The summed E-state index contributed by atoms with van der Waals surface area (Å²) in [6.07, 6.45) is 1.30. The summed E-state index contributed by atoms with van der Waals surface area (Å²) in [5.74, 6) is -1.75. The molecule has 0 N–H and O–H groups in total. The van der Waals surface area contributed by atoms with E-state index in [1.54, 1.807) is 24.3 Å². The van der Waals surface area contributed by atoms with Gasteiger partial charge in [0.15, 0.2) is 0 Å². The molecular weight excluding hydrogens is 421 g/mol. The molecular formula is C18H12INO4. The van der Waals surface area contributed by atoms with Gasteiger partial charge < -0.3 is 4.84 Å². The Balaban J connectivity index is 1.58. The second kappa shape index (κ2) is 5.41. The molecule has 1 saturated carbocycles. The maximum Gasteiger partial charge on any atom is 0.343 e. The van der Waals surface area contributed by atoms with Gasteiger partial charge in [-0.3, -0.25) is 9.59 Å². The molecule has 0 bridgehead atoms. The van der Waals surface area contributed by atoms with E-state index in [1.165, 1.54) is 0 Å². The quantitative estimate of drug-likeness (QED) is 0.552. The van der Waals surface area contributed by atoms with Crippen LogP contribution in [0.4, 0.5) is 0 Å². The average Bonchev–Trinajstić information content (AvgIpc) is 3.37. The van der Waals surface area contributed by atoms with E-state index < -0.39 is 23.2 Å². The van der Waals surface area contributed by atoms with Crippen molar-refractivity contribution < 1.29 is 19.2 Å². The predicted octanol–water partition coefficient (Wildman–Crippen LogP) is 3.08. The molecule has 1 aliphatic carbocycles. The van der Waals surface area contributed by atoms with Crippen LogP contribution in [0.2, 0.25) is 0 Å². The molecule has 1 fully saturated rings. The summed E-state index contributed by atoms with van der Waals surface area (Å²) >= 11 is 2.19. The van der Waals surface area contributed by atoms with Crippen molar-refractivity contribution in [3.05, 3.63) is 68.8 Å². The predicted molar refractivity (Wildman–Crippen MR) is 93.1 cm³/mol. The van der Waals surface area contributed by atoms with Gasteiger partial charge >= 0.3 is 5.97 Å². The fourth-order valence-corrected chi connectivity index (χ4v) is 3.28. The first-order chi connectivity index (χ1) is 11.5. The zero-order valence-electron chi connectivity index (χ0n) is 12.5. The molecule has 0 saturated heterocycles. The summed E-state index contributed by atoms with van der Waals surface area (Å²) < 4.78 is 1.07. The van der Waals surface area contributed by atoms with Gasteiger partial charge in [-0.1, -0.05) is 29.3 Å². The lowest BCUT2D eigenvalue weighted by molar-refractivity contribution is -0.171. The molecule has 120 valence electrons. The number of benzene rings is 2. The van der Waals surface area contributed by atoms with Crippen molar-refractivity contribution in [2.75, 3.05) is 0 Å². The third-order valence-electron chi connectivity index (χ3n) is 4.47. The van der Waals surface area contributed by atoms with E-state index in [1.807, 2.05) is 24.3 Å². The Hall–Kier alpha value is -2.22. The number of carbonyl (C=O) groups is 3. The number of imide groups is 1. The Morgan fingerprint density at radius 3 is 2.00 bits per heavy atom. The Morgan fingerprint density at radius 1 is 0.958 bits per heavy atom. The normalized spacial score (nSPS) is 17.6. The summed E-state index contributed by atoms with van der Waals surface area (Å²) in [6.45, 7) is 0. The number of hydroxylamine groups is 2. The fraction of sp³-hybridized carbons (Fsp3) is 0.167. The lowest BCUT2D eigenvalue weighted by Gasteiger charge is -2.18. The number of rotatable bonds is 3. The Morgan fingerprint density at radius 2 is 1.50 bits per heavy atom. The molecule has 2 aromatic carbocycles. The van der Waals surface area contributed by atoms with E-state index >= 15 is 0 Å². The van der Waals surface area contributed by atoms with Crippen molar-refractivity contribution >= 4 is 40.4 Å². The first kappa shape index (κ1) is 15.3. The van der Waals surface area contributed by atoms with Gasteiger partial charge in [-0.05, 0) is 65.3 Å². The maximum atomic E-state index is 12.6.